The number of hydrogen-bond acceptors (Lipinski definition) is 6. The second-order valence-corrected chi connectivity index (χ2v) is 19.7. The fourth-order valence-corrected chi connectivity index (χ4v) is 8.58. The van der Waals surface area contributed by atoms with Crippen LogP contribution in [0.3, 0.4) is 0 Å². The van der Waals surface area contributed by atoms with Crippen LogP contribution in [0.2, 0.25) is 0 Å². The second-order valence-electron chi connectivity index (χ2n) is 16.4. The normalized spacial score (nSPS) is 13.2. The van der Waals surface area contributed by atoms with Crippen LogP contribution in [0, 0.1) is 25.0 Å². The minimum absolute atomic E-state index is 0.240. The first-order chi connectivity index (χ1) is 34.9. The standard InChI is InChI=1S/2C30H26FN2O.2ClH.Pt/c2*1-34-28-18-16-27(17-19-28)33-22-32(21-20-23-8-4-2-5-9-23)29(25-12-14-26(31)15-13-25)30(33)24-10-6-3-7-11-24;;;/h2*2-19,22H,20-21H2,1H3;2*1H;/q2*-1;;;+4/p-2/i2*22+1;;;. The summed E-state index contributed by atoms with van der Waals surface area (Å²) in [5, 5.41) is 0. The number of hydrogen-bond donors (Lipinski definition) is 0. The summed E-state index contributed by atoms with van der Waals surface area (Å²) in [6.45, 7) is 5.87. The van der Waals surface area contributed by atoms with Crippen molar-refractivity contribution in [3.63, 3.8) is 0 Å². The Labute approximate surface area is 433 Å². The van der Waals surface area contributed by atoms with Gasteiger partial charge >= 0.3 is 35.3 Å². The predicted octanol–water partition coefficient (Wildman–Crippen LogP) is 15.1. The molecule has 0 N–H and O–H groups in total. The molecule has 6 nitrogen and oxygen atoms in total. The third kappa shape index (κ3) is 12.9. The summed E-state index contributed by atoms with van der Waals surface area (Å²) in [5.41, 5.74) is 13.0. The van der Waals surface area contributed by atoms with E-state index in [1.54, 1.807) is 14.2 Å². The van der Waals surface area contributed by atoms with Crippen LogP contribution in [0.25, 0.3) is 22.8 Å². The Balaban J connectivity index is 0.000000181. The van der Waals surface area contributed by atoms with E-state index in [2.05, 4.69) is 130 Å². The molecule has 0 amide bonds. The molecule has 0 spiro atoms. The summed E-state index contributed by atoms with van der Waals surface area (Å²) in [6, 6.07) is 71.2. The first-order valence-corrected chi connectivity index (χ1v) is 28.6. The van der Waals surface area contributed by atoms with E-state index in [4.69, 9.17) is 28.3 Å². The molecule has 71 heavy (non-hydrogen) atoms. The van der Waals surface area contributed by atoms with Crippen molar-refractivity contribution >= 4 is 53.0 Å². The molecule has 0 aromatic heterocycles. The van der Waals surface area contributed by atoms with Gasteiger partial charge in [0.25, 0.3) is 0 Å². The summed E-state index contributed by atoms with van der Waals surface area (Å²) < 4.78 is 38.4. The Bertz CT molecular complexity index is 2750. The maximum atomic E-state index is 13.8. The molecule has 0 saturated carbocycles. The van der Waals surface area contributed by atoms with E-state index in [1.807, 2.05) is 97.1 Å². The first-order valence-electron chi connectivity index (χ1n) is 23.0. The van der Waals surface area contributed by atoms with Gasteiger partial charge in [0, 0.05) is 34.2 Å². The van der Waals surface area contributed by atoms with Crippen LogP contribution in [0.5, 0.6) is 11.5 Å². The summed E-state index contributed by atoms with van der Waals surface area (Å²) in [5.74, 6) is 1.15. The van der Waals surface area contributed by atoms with Gasteiger partial charge < -0.3 is 29.1 Å². The van der Waals surface area contributed by atoms with E-state index < -0.39 is 16.5 Å². The minimum atomic E-state index is -0.472. The third-order valence-electron chi connectivity index (χ3n) is 12.0. The van der Waals surface area contributed by atoms with Gasteiger partial charge in [-0.2, -0.15) is 0 Å². The molecule has 2 aliphatic rings. The molecule has 8 aromatic rings. The van der Waals surface area contributed by atoms with Crippen molar-refractivity contribution in [2.24, 2.45) is 0 Å². The number of benzene rings is 8. The molecule has 0 atom stereocenters. The Morgan fingerprint density at radius 3 is 1.00 bits per heavy atom. The van der Waals surface area contributed by atoms with Gasteiger partial charge in [-0.05, 0) is 132 Å². The first kappa shape index (κ1) is 50.6. The topological polar surface area (TPSA) is 31.4 Å². The molecule has 0 bridgehead atoms. The zero-order valence-corrected chi connectivity index (χ0v) is 43.0. The van der Waals surface area contributed by atoms with Crippen molar-refractivity contribution in [1.82, 2.24) is 9.80 Å². The summed E-state index contributed by atoms with van der Waals surface area (Å²) in [7, 11) is 13.1. The molecule has 8 aromatic carbocycles. The SMILES string of the molecule is COc1ccc(N2[13CH-]N(CCc3ccccc3)C(c3ccc(F)cc3)=C2c2ccccc2)cc1.COc1ccc(N2[13CH-]N(CCc3ccccc3)C(c3ccc(F)cc3)=C2c2ccccc2)cc1.[Cl][Pt+2][Cl]. The molecule has 0 fully saturated rings. The van der Waals surface area contributed by atoms with Crippen LogP contribution in [0.15, 0.2) is 218 Å². The molecule has 2 aliphatic heterocycles. The fraction of sp³-hybridized carbons (Fsp3) is 0.100. The number of anilines is 2. The van der Waals surface area contributed by atoms with Crippen molar-refractivity contribution in [2.45, 2.75) is 12.8 Å². The quantitative estimate of drug-likeness (QED) is 0.0797. The van der Waals surface area contributed by atoms with Gasteiger partial charge in [0.15, 0.2) is 0 Å². The molecular formula is C60H52Cl2F2N4O2Pt. The van der Waals surface area contributed by atoms with Gasteiger partial charge in [-0.3, -0.25) is 0 Å². The number of nitrogens with zero attached hydrogens (tertiary/aromatic N) is 4. The van der Waals surface area contributed by atoms with E-state index in [-0.39, 0.29) is 11.6 Å². The van der Waals surface area contributed by atoms with Crippen LogP contribution in [-0.2, 0) is 29.3 Å². The van der Waals surface area contributed by atoms with Crippen LogP contribution in [-0.4, -0.2) is 37.1 Å². The van der Waals surface area contributed by atoms with Crippen LogP contribution in [0.1, 0.15) is 33.4 Å². The molecule has 11 heteroatoms. The van der Waals surface area contributed by atoms with Crippen molar-refractivity contribution in [2.75, 3.05) is 37.1 Å². The molecular weight excluding hydrogens is 1110 g/mol. The van der Waals surface area contributed by atoms with E-state index in [0.29, 0.717) is 0 Å². The maximum absolute atomic E-state index is 13.8. The van der Waals surface area contributed by atoms with Gasteiger partial charge in [0.05, 0.1) is 14.2 Å². The van der Waals surface area contributed by atoms with Crippen molar-refractivity contribution in [1.29, 1.82) is 0 Å². The van der Waals surface area contributed by atoms with Crippen LogP contribution < -0.4 is 19.3 Å². The monoisotopic (exact) mass is 1170 g/mol. The molecule has 2 heterocycles. The van der Waals surface area contributed by atoms with Crippen molar-refractivity contribution in [3.8, 4) is 11.5 Å². The molecule has 362 valence electrons. The molecule has 10 rings (SSSR count). The van der Waals surface area contributed by atoms with E-state index in [9.17, 15) is 8.78 Å². The van der Waals surface area contributed by atoms with Gasteiger partial charge in [0.2, 0.25) is 0 Å². The fourth-order valence-electron chi connectivity index (χ4n) is 8.58. The van der Waals surface area contributed by atoms with Gasteiger partial charge in [0.1, 0.15) is 23.1 Å². The molecule has 0 saturated heterocycles. The summed E-state index contributed by atoms with van der Waals surface area (Å²) >= 11 is -0.472. The molecule has 0 aliphatic carbocycles. The zero-order chi connectivity index (χ0) is 49.4. The predicted molar refractivity (Wildman–Crippen MR) is 284 cm³/mol. The Kier molecular flexibility index (Phi) is 18.0. The summed E-state index contributed by atoms with van der Waals surface area (Å²) in [6.07, 6.45) is 1.78. The summed E-state index contributed by atoms with van der Waals surface area (Å²) in [4.78, 5) is 8.95. The number of ether oxygens (including phenoxy) is 2. The third-order valence-corrected chi connectivity index (χ3v) is 12.0. The van der Waals surface area contributed by atoms with Gasteiger partial charge in [-0.25, -0.2) is 8.78 Å². The van der Waals surface area contributed by atoms with E-state index in [1.165, 1.54) is 35.4 Å². The Morgan fingerprint density at radius 1 is 0.394 bits per heavy atom. The van der Waals surface area contributed by atoms with Crippen molar-refractivity contribution < 1.29 is 34.7 Å². The Morgan fingerprint density at radius 2 is 0.690 bits per heavy atom. The number of halogens is 4. The van der Waals surface area contributed by atoms with Crippen LogP contribution >= 0.6 is 18.8 Å². The molecule has 0 radical (unpaired) electrons. The molecule has 0 unspecified atom stereocenters. The second kappa shape index (κ2) is 25.3. The van der Waals surface area contributed by atoms with E-state index >= 15 is 0 Å². The van der Waals surface area contributed by atoms with Crippen molar-refractivity contribution in [3.05, 3.63) is 277 Å². The van der Waals surface area contributed by atoms with Crippen LogP contribution in [0.4, 0.5) is 20.2 Å². The number of rotatable bonds is 14. The van der Waals surface area contributed by atoms with Gasteiger partial charge in [-0.1, -0.05) is 146 Å². The van der Waals surface area contributed by atoms with E-state index in [0.717, 1.165) is 93.8 Å². The average Bonchev–Trinajstić information content (AvgIpc) is 4.01. The van der Waals surface area contributed by atoms with Gasteiger partial charge in [-0.15, -0.1) is 13.3 Å². The average molecular weight is 1170 g/mol. The number of methoxy groups -OCH3 is 2. The zero-order valence-electron chi connectivity index (χ0n) is 39.2. The Hall–Kier alpha value is -6.83.